The Hall–Kier alpha value is -3.35. The molecule has 1 saturated heterocycles. The molecule has 2 heterocycles. The van der Waals surface area contributed by atoms with Gasteiger partial charge in [0.1, 0.15) is 6.61 Å². The van der Waals surface area contributed by atoms with Crippen molar-refractivity contribution in [2.24, 2.45) is 0 Å². The molecule has 0 aliphatic carbocycles. The van der Waals surface area contributed by atoms with Crippen LogP contribution in [0.15, 0.2) is 36.4 Å². The quantitative estimate of drug-likeness (QED) is 0.395. The van der Waals surface area contributed by atoms with Gasteiger partial charge in [-0.15, -0.1) is 6.42 Å². The third kappa shape index (κ3) is 6.92. The minimum Gasteiger partial charge on any atom is -0.478 e. The van der Waals surface area contributed by atoms with Crippen molar-refractivity contribution in [2.45, 2.75) is 6.54 Å². The van der Waals surface area contributed by atoms with Crippen molar-refractivity contribution >= 4 is 28.9 Å². The van der Waals surface area contributed by atoms with Crippen LogP contribution in [0.25, 0.3) is 11.0 Å². The molecule has 1 aromatic carbocycles. The van der Waals surface area contributed by atoms with E-state index in [-0.39, 0.29) is 0 Å². The first kappa shape index (κ1) is 22.9. The minimum absolute atomic E-state index is 0.358. The van der Waals surface area contributed by atoms with Gasteiger partial charge in [0.15, 0.2) is 0 Å². The zero-order valence-electron chi connectivity index (χ0n) is 16.9. The number of nitrogens with zero attached hydrogens (tertiary/aromatic N) is 4. The van der Waals surface area contributed by atoms with Crippen molar-refractivity contribution in [1.82, 2.24) is 14.5 Å². The Balaban J connectivity index is 0.000000343. The number of hydrogen-bond acceptors (Lipinski definition) is 6. The molecule has 1 aliphatic rings. The lowest BCUT2D eigenvalue weighted by atomic mass is 10.3. The van der Waals surface area contributed by atoms with Crippen molar-refractivity contribution in [3.8, 4) is 12.3 Å². The van der Waals surface area contributed by atoms with Crippen molar-refractivity contribution in [2.75, 3.05) is 51.3 Å². The van der Waals surface area contributed by atoms with Crippen molar-refractivity contribution < 1.29 is 24.5 Å². The van der Waals surface area contributed by atoms with Gasteiger partial charge >= 0.3 is 11.9 Å². The summed E-state index contributed by atoms with van der Waals surface area (Å²) in [6.07, 6.45) is 6.35. The van der Waals surface area contributed by atoms with Crippen LogP contribution in [0.4, 0.5) is 5.95 Å². The zero-order chi connectivity index (χ0) is 21.9. The predicted molar refractivity (Wildman–Crippen MR) is 114 cm³/mol. The summed E-state index contributed by atoms with van der Waals surface area (Å²) in [6.45, 7) is 5.87. The molecule has 1 aromatic heterocycles. The number of hydrogen-bond donors (Lipinski definition) is 2. The standard InChI is InChI=1S/C17H22N4O.C4H4O4/c1-3-13-22-14-12-21-16-7-5-4-6-15(16)18-17(21)20-10-8-19(2)9-11-20;5-3(6)1-2-4(7)8/h1,4-7H,8-14H2,2H3;1-2H,(H,5,6)(H,7,8)/b;2-1+. The molecular formula is C21H26N4O5. The van der Waals surface area contributed by atoms with Gasteiger partial charge in [-0.2, -0.15) is 0 Å². The molecule has 30 heavy (non-hydrogen) atoms. The number of aromatic nitrogens is 2. The normalized spacial score (nSPS) is 14.3. The Bertz CT molecular complexity index is 907. The summed E-state index contributed by atoms with van der Waals surface area (Å²) < 4.78 is 7.70. The summed E-state index contributed by atoms with van der Waals surface area (Å²) in [6, 6.07) is 8.26. The number of carboxylic acid groups (broad SMARTS) is 2. The maximum absolute atomic E-state index is 9.55. The third-order valence-electron chi connectivity index (χ3n) is 4.43. The molecule has 160 valence electrons. The van der Waals surface area contributed by atoms with E-state index >= 15 is 0 Å². The molecule has 0 saturated carbocycles. The number of piperazine rings is 1. The maximum atomic E-state index is 9.55. The van der Waals surface area contributed by atoms with Crippen LogP contribution < -0.4 is 4.90 Å². The first-order valence-electron chi connectivity index (χ1n) is 9.46. The largest absolute Gasteiger partial charge is 0.478 e. The number of anilines is 1. The minimum atomic E-state index is -1.26. The van der Waals surface area contributed by atoms with Gasteiger partial charge in [0.25, 0.3) is 0 Å². The summed E-state index contributed by atoms with van der Waals surface area (Å²) in [5.74, 6) is 1.03. The summed E-state index contributed by atoms with van der Waals surface area (Å²) >= 11 is 0. The molecule has 9 heteroatoms. The molecule has 0 bridgehead atoms. The molecule has 1 fully saturated rings. The molecule has 0 unspecified atom stereocenters. The van der Waals surface area contributed by atoms with Gasteiger partial charge in [-0.3, -0.25) is 0 Å². The van der Waals surface area contributed by atoms with E-state index < -0.39 is 11.9 Å². The number of benzene rings is 1. The molecule has 0 spiro atoms. The van der Waals surface area contributed by atoms with Crippen molar-refractivity contribution in [3.63, 3.8) is 0 Å². The molecule has 2 N–H and O–H groups in total. The lowest BCUT2D eigenvalue weighted by molar-refractivity contribution is -0.134. The fourth-order valence-corrected chi connectivity index (χ4v) is 2.96. The number of ether oxygens (including phenoxy) is 1. The Labute approximate surface area is 175 Å². The van der Waals surface area contributed by atoms with Crippen LogP contribution in [-0.4, -0.2) is 83.0 Å². The highest BCUT2D eigenvalue weighted by atomic mass is 16.5. The van der Waals surface area contributed by atoms with Gasteiger partial charge in [0.2, 0.25) is 5.95 Å². The molecule has 2 aromatic rings. The Kier molecular flexibility index (Phi) is 8.87. The summed E-state index contributed by atoms with van der Waals surface area (Å²) in [7, 11) is 2.16. The van der Waals surface area contributed by atoms with Crippen LogP contribution >= 0.6 is 0 Å². The SMILES string of the molecule is C#CCOCCn1c(N2CCN(C)CC2)nc2ccccc21.O=C(O)/C=C/C(=O)O. The number of rotatable bonds is 7. The Morgan fingerprint density at radius 2 is 1.80 bits per heavy atom. The van der Waals surface area contributed by atoms with E-state index in [0.29, 0.717) is 25.4 Å². The zero-order valence-corrected chi connectivity index (χ0v) is 16.9. The van der Waals surface area contributed by atoms with E-state index in [0.717, 1.165) is 49.7 Å². The van der Waals surface area contributed by atoms with Gasteiger partial charge in [0, 0.05) is 44.9 Å². The lowest BCUT2D eigenvalue weighted by Gasteiger charge is -2.33. The Morgan fingerprint density at radius 3 is 2.40 bits per heavy atom. The first-order chi connectivity index (χ1) is 14.4. The molecular weight excluding hydrogens is 388 g/mol. The van der Waals surface area contributed by atoms with Crippen LogP contribution in [-0.2, 0) is 20.9 Å². The van der Waals surface area contributed by atoms with Crippen LogP contribution in [0.5, 0.6) is 0 Å². The number of terminal acetylenes is 1. The second-order valence-electron chi connectivity index (χ2n) is 6.61. The molecule has 0 amide bonds. The van der Waals surface area contributed by atoms with E-state index in [2.05, 4.69) is 45.5 Å². The topological polar surface area (TPSA) is 108 Å². The van der Waals surface area contributed by atoms with E-state index in [1.165, 1.54) is 0 Å². The second kappa shape index (κ2) is 11.6. The fraction of sp³-hybridized carbons (Fsp3) is 0.381. The molecule has 9 nitrogen and oxygen atoms in total. The summed E-state index contributed by atoms with van der Waals surface area (Å²) in [5, 5.41) is 15.6. The van der Waals surface area contributed by atoms with E-state index in [1.807, 2.05) is 6.07 Å². The van der Waals surface area contributed by atoms with Crippen LogP contribution in [0.1, 0.15) is 0 Å². The van der Waals surface area contributed by atoms with Crippen LogP contribution in [0, 0.1) is 12.3 Å². The third-order valence-corrected chi connectivity index (χ3v) is 4.43. The first-order valence-corrected chi connectivity index (χ1v) is 9.46. The highest BCUT2D eigenvalue weighted by Gasteiger charge is 2.20. The van der Waals surface area contributed by atoms with Crippen molar-refractivity contribution in [1.29, 1.82) is 0 Å². The van der Waals surface area contributed by atoms with Gasteiger partial charge < -0.3 is 29.3 Å². The van der Waals surface area contributed by atoms with E-state index in [1.54, 1.807) is 0 Å². The number of carbonyl (C=O) groups is 2. The molecule has 1 aliphatic heterocycles. The fourth-order valence-electron chi connectivity index (χ4n) is 2.96. The van der Waals surface area contributed by atoms with Crippen molar-refractivity contribution in [3.05, 3.63) is 36.4 Å². The summed E-state index contributed by atoms with van der Waals surface area (Å²) in [4.78, 5) is 28.7. The summed E-state index contributed by atoms with van der Waals surface area (Å²) in [5.41, 5.74) is 2.19. The van der Waals surface area contributed by atoms with Gasteiger partial charge in [-0.25, -0.2) is 14.6 Å². The Morgan fingerprint density at radius 1 is 1.17 bits per heavy atom. The molecule has 0 atom stereocenters. The van der Waals surface area contributed by atoms with Gasteiger partial charge in [0.05, 0.1) is 17.6 Å². The molecule has 0 radical (unpaired) electrons. The van der Waals surface area contributed by atoms with Crippen LogP contribution in [0.2, 0.25) is 0 Å². The van der Waals surface area contributed by atoms with Crippen LogP contribution in [0.3, 0.4) is 0 Å². The van der Waals surface area contributed by atoms with Gasteiger partial charge in [-0.05, 0) is 19.2 Å². The maximum Gasteiger partial charge on any atom is 0.328 e. The lowest BCUT2D eigenvalue weighted by Crippen LogP contribution is -2.45. The average molecular weight is 414 g/mol. The number of aliphatic carboxylic acids is 2. The average Bonchev–Trinajstić information content (AvgIpc) is 3.09. The smallest absolute Gasteiger partial charge is 0.328 e. The number of likely N-dealkylation sites (N-methyl/N-ethyl adjacent to an activating group) is 1. The number of para-hydroxylation sites is 2. The number of carboxylic acids is 2. The second-order valence-corrected chi connectivity index (χ2v) is 6.61. The van der Waals surface area contributed by atoms with E-state index in [4.69, 9.17) is 26.4 Å². The number of fused-ring (bicyclic) bond motifs is 1. The van der Waals surface area contributed by atoms with E-state index in [9.17, 15) is 9.59 Å². The predicted octanol–water partition coefficient (Wildman–Crippen LogP) is 1.15. The highest BCUT2D eigenvalue weighted by molar-refractivity contribution is 5.89. The number of imidazole rings is 1. The molecule has 3 rings (SSSR count). The monoisotopic (exact) mass is 414 g/mol. The highest BCUT2D eigenvalue weighted by Crippen LogP contribution is 2.23. The van der Waals surface area contributed by atoms with Gasteiger partial charge in [-0.1, -0.05) is 18.1 Å².